The van der Waals surface area contributed by atoms with Gasteiger partial charge in [0.1, 0.15) is 11.7 Å². The van der Waals surface area contributed by atoms with Crippen molar-refractivity contribution < 1.29 is 17.6 Å². The van der Waals surface area contributed by atoms with Crippen LogP contribution in [0.3, 0.4) is 0 Å². The molecule has 0 bridgehead atoms. The SMILES string of the molecule is C=C(N)CC(=C/C(=C)CCc1cccnc1C(F)(F)F)/C(=N\CCl)c1ccc(F)nc1. The molecule has 0 aliphatic carbocycles. The third-order valence-corrected chi connectivity index (χ3v) is 4.31. The molecule has 31 heavy (non-hydrogen) atoms. The van der Waals surface area contributed by atoms with Crippen molar-refractivity contribution in [3.05, 3.63) is 95.5 Å². The molecule has 0 aliphatic rings. The fourth-order valence-corrected chi connectivity index (χ4v) is 3.03. The highest BCUT2D eigenvalue weighted by atomic mass is 35.5. The third-order valence-electron chi connectivity index (χ3n) is 4.19. The number of nitrogens with two attached hydrogens (primary N) is 1. The first kappa shape index (κ1) is 24.3. The molecule has 0 fully saturated rings. The second kappa shape index (κ2) is 10.9. The lowest BCUT2D eigenvalue weighted by molar-refractivity contribution is -0.141. The van der Waals surface area contributed by atoms with Gasteiger partial charge in [-0.05, 0) is 42.2 Å². The molecule has 2 heterocycles. The van der Waals surface area contributed by atoms with E-state index in [9.17, 15) is 17.6 Å². The van der Waals surface area contributed by atoms with Crippen molar-refractivity contribution in [2.24, 2.45) is 10.7 Å². The number of alkyl halides is 4. The van der Waals surface area contributed by atoms with Crippen molar-refractivity contribution >= 4 is 17.3 Å². The number of hydrogen-bond acceptors (Lipinski definition) is 4. The van der Waals surface area contributed by atoms with Gasteiger partial charge < -0.3 is 5.73 Å². The maximum atomic E-state index is 13.2. The number of halogens is 5. The van der Waals surface area contributed by atoms with Gasteiger partial charge in [-0.2, -0.15) is 17.6 Å². The lowest BCUT2D eigenvalue weighted by atomic mass is 9.95. The Morgan fingerprint density at radius 2 is 1.94 bits per heavy atom. The van der Waals surface area contributed by atoms with Crippen LogP contribution in [0.1, 0.15) is 29.7 Å². The zero-order valence-electron chi connectivity index (χ0n) is 16.6. The first-order valence-corrected chi connectivity index (χ1v) is 9.70. The highest BCUT2D eigenvalue weighted by Gasteiger charge is 2.34. The second-order valence-electron chi connectivity index (χ2n) is 6.67. The van der Waals surface area contributed by atoms with E-state index in [4.69, 9.17) is 17.3 Å². The number of pyridine rings is 2. The molecule has 2 N–H and O–H groups in total. The normalized spacial score (nSPS) is 12.7. The van der Waals surface area contributed by atoms with Crippen molar-refractivity contribution in [3.63, 3.8) is 0 Å². The van der Waals surface area contributed by atoms with Gasteiger partial charge in [0.05, 0.1) is 5.71 Å². The van der Waals surface area contributed by atoms with Gasteiger partial charge in [-0.15, -0.1) is 11.6 Å². The molecule has 0 spiro atoms. The summed E-state index contributed by atoms with van der Waals surface area (Å²) >= 11 is 5.80. The summed E-state index contributed by atoms with van der Waals surface area (Å²) in [7, 11) is 0. The van der Waals surface area contributed by atoms with Gasteiger partial charge in [0.2, 0.25) is 5.95 Å². The monoisotopic (exact) mass is 452 g/mol. The van der Waals surface area contributed by atoms with E-state index in [1.807, 2.05) is 0 Å². The summed E-state index contributed by atoms with van der Waals surface area (Å²) in [6.07, 6.45) is 0.106. The quantitative estimate of drug-likeness (QED) is 0.134. The highest BCUT2D eigenvalue weighted by Crippen LogP contribution is 2.31. The number of allylic oxidation sites excluding steroid dienone is 3. The molecule has 0 aliphatic heterocycles. The maximum absolute atomic E-state index is 13.2. The van der Waals surface area contributed by atoms with Crippen LogP contribution in [0.2, 0.25) is 0 Å². The van der Waals surface area contributed by atoms with Crippen molar-refractivity contribution in [1.29, 1.82) is 0 Å². The summed E-state index contributed by atoms with van der Waals surface area (Å²) in [4.78, 5) is 11.3. The van der Waals surface area contributed by atoms with Gasteiger partial charge in [0, 0.05) is 30.1 Å². The Balaban J connectivity index is 2.30. The number of hydrogen-bond donors (Lipinski definition) is 1. The Morgan fingerprint density at radius 3 is 2.52 bits per heavy atom. The van der Waals surface area contributed by atoms with Crippen molar-refractivity contribution in [2.75, 3.05) is 6.00 Å². The highest BCUT2D eigenvalue weighted by molar-refractivity contribution is 6.20. The Hall–Kier alpha value is -3.00. The molecule has 2 aromatic rings. The third kappa shape index (κ3) is 7.32. The number of aliphatic imine (C=N–C) groups is 1. The van der Waals surface area contributed by atoms with Crippen molar-refractivity contribution in [3.8, 4) is 0 Å². The van der Waals surface area contributed by atoms with E-state index < -0.39 is 17.8 Å². The molecule has 164 valence electrons. The van der Waals surface area contributed by atoms with Crippen LogP contribution in [0.15, 0.2) is 77.7 Å². The fraction of sp³-hybridized carbons (Fsp3) is 0.227. The van der Waals surface area contributed by atoms with Crippen LogP contribution in [0.4, 0.5) is 17.6 Å². The molecule has 0 radical (unpaired) electrons. The van der Waals surface area contributed by atoms with E-state index in [0.717, 1.165) is 6.20 Å². The molecular weight excluding hydrogens is 432 g/mol. The number of rotatable bonds is 9. The van der Waals surface area contributed by atoms with Crippen LogP contribution in [0.5, 0.6) is 0 Å². The second-order valence-corrected chi connectivity index (χ2v) is 6.91. The molecule has 0 unspecified atom stereocenters. The van der Waals surface area contributed by atoms with Gasteiger partial charge in [0.15, 0.2) is 0 Å². The summed E-state index contributed by atoms with van der Waals surface area (Å²) in [6.45, 7) is 7.64. The summed E-state index contributed by atoms with van der Waals surface area (Å²) in [5.74, 6) is -0.649. The van der Waals surface area contributed by atoms with Crippen molar-refractivity contribution in [1.82, 2.24) is 9.97 Å². The zero-order valence-corrected chi connectivity index (χ0v) is 17.3. The van der Waals surface area contributed by atoms with E-state index in [0.29, 0.717) is 28.1 Å². The predicted molar refractivity (Wildman–Crippen MR) is 114 cm³/mol. The molecule has 4 nitrogen and oxygen atoms in total. The molecule has 2 rings (SSSR count). The van der Waals surface area contributed by atoms with Gasteiger partial charge in [-0.25, -0.2) is 4.98 Å². The van der Waals surface area contributed by atoms with Crippen LogP contribution in [-0.2, 0) is 12.6 Å². The fourth-order valence-electron chi connectivity index (χ4n) is 2.91. The molecule has 0 saturated carbocycles. The topological polar surface area (TPSA) is 64.2 Å². The van der Waals surface area contributed by atoms with Crippen LogP contribution in [-0.4, -0.2) is 21.7 Å². The standard InChI is InChI=1S/C22H21ClF4N4/c1-14(5-6-16-4-3-9-29-21(16)22(25,26)27)10-18(11-15(2)28)20(31-13-23)17-7-8-19(24)30-12-17/h3-4,7-10,12H,1-2,5-6,11,13,28H2/b18-10-,31-20-. The molecule has 0 atom stereocenters. The molecule has 2 aromatic heterocycles. The Labute approximate surface area is 182 Å². The number of aromatic nitrogens is 2. The van der Waals surface area contributed by atoms with Crippen LogP contribution < -0.4 is 5.73 Å². The predicted octanol–water partition coefficient (Wildman–Crippen LogP) is 5.60. The van der Waals surface area contributed by atoms with Crippen LogP contribution >= 0.6 is 11.6 Å². The van der Waals surface area contributed by atoms with E-state index in [1.165, 1.54) is 30.5 Å². The summed E-state index contributed by atoms with van der Waals surface area (Å²) in [6, 6.07) is 5.46. The van der Waals surface area contributed by atoms with Gasteiger partial charge in [-0.1, -0.05) is 30.9 Å². The summed E-state index contributed by atoms with van der Waals surface area (Å²) in [5.41, 5.74) is 7.35. The zero-order chi connectivity index (χ0) is 23.0. The average Bonchev–Trinajstić information content (AvgIpc) is 2.70. The van der Waals surface area contributed by atoms with Crippen LogP contribution in [0.25, 0.3) is 0 Å². The van der Waals surface area contributed by atoms with E-state index in [-0.39, 0.29) is 30.8 Å². The van der Waals surface area contributed by atoms with Gasteiger partial charge in [-0.3, -0.25) is 9.98 Å². The molecule has 0 amide bonds. The van der Waals surface area contributed by atoms with Gasteiger partial charge in [0.25, 0.3) is 0 Å². The lowest BCUT2D eigenvalue weighted by Gasteiger charge is -2.14. The van der Waals surface area contributed by atoms with Gasteiger partial charge >= 0.3 is 6.18 Å². The Kier molecular flexibility index (Phi) is 8.50. The smallest absolute Gasteiger partial charge is 0.402 e. The van der Waals surface area contributed by atoms with Crippen molar-refractivity contribution in [2.45, 2.75) is 25.4 Å². The minimum atomic E-state index is -4.54. The molecule has 0 aromatic carbocycles. The Bertz CT molecular complexity index is 995. The molecule has 0 saturated heterocycles. The lowest BCUT2D eigenvalue weighted by Crippen LogP contribution is -2.12. The van der Waals surface area contributed by atoms with E-state index in [1.54, 1.807) is 6.08 Å². The summed E-state index contributed by atoms with van der Waals surface area (Å²) < 4.78 is 52.7. The first-order chi connectivity index (χ1) is 14.6. The van der Waals surface area contributed by atoms with E-state index >= 15 is 0 Å². The number of aryl methyl sites for hydroxylation is 1. The minimum absolute atomic E-state index is 0.0712. The largest absolute Gasteiger partial charge is 0.433 e. The Morgan fingerprint density at radius 1 is 1.19 bits per heavy atom. The maximum Gasteiger partial charge on any atom is 0.433 e. The molecular formula is C22H21ClF4N4. The van der Waals surface area contributed by atoms with E-state index in [2.05, 4.69) is 28.1 Å². The van der Waals surface area contributed by atoms with Crippen LogP contribution in [0, 0.1) is 5.95 Å². The average molecular weight is 453 g/mol. The molecule has 9 heteroatoms. The first-order valence-electron chi connectivity index (χ1n) is 9.17. The minimum Gasteiger partial charge on any atom is -0.402 e. The number of nitrogens with zero attached hydrogens (tertiary/aromatic N) is 3. The summed E-state index contributed by atoms with van der Waals surface area (Å²) in [5, 5.41) is 0.